The molecule has 0 bridgehead atoms. The molecule has 0 spiro atoms. The van der Waals surface area contributed by atoms with E-state index in [2.05, 4.69) is 5.32 Å². The monoisotopic (exact) mass is 339 g/mol. The van der Waals surface area contributed by atoms with Gasteiger partial charge in [-0.25, -0.2) is 8.42 Å². The molecule has 1 aromatic heterocycles. The summed E-state index contributed by atoms with van der Waals surface area (Å²) in [4.78, 5) is 10.3. The van der Waals surface area contributed by atoms with Gasteiger partial charge in [-0.15, -0.1) is 0 Å². The number of rotatable bonds is 9. The van der Waals surface area contributed by atoms with E-state index in [4.69, 9.17) is 10.2 Å². The van der Waals surface area contributed by atoms with Crippen LogP contribution < -0.4 is 5.32 Å². The van der Waals surface area contributed by atoms with Crippen LogP contribution in [-0.2, 0) is 10.0 Å². The molecule has 0 saturated heterocycles. The molecule has 0 unspecified atom stereocenters. The van der Waals surface area contributed by atoms with E-state index in [-0.39, 0.29) is 28.0 Å². The summed E-state index contributed by atoms with van der Waals surface area (Å²) in [5.41, 5.74) is -0.312. The zero-order valence-corrected chi connectivity index (χ0v) is 13.0. The molecule has 1 rings (SSSR count). The summed E-state index contributed by atoms with van der Waals surface area (Å²) in [6.45, 7) is 0.953. The highest BCUT2D eigenvalue weighted by Crippen LogP contribution is 2.38. The first-order chi connectivity index (χ1) is 9.88. The number of nitro groups is 1. The van der Waals surface area contributed by atoms with Gasteiger partial charge in [-0.3, -0.25) is 10.1 Å². The van der Waals surface area contributed by atoms with Gasteiger partial charge >= 0.3 is 5.69 Å². The maximum atomic E-state index is 12.4. The van der Waals surface area contributed by atoms with Crippen molar-refractivity contribution in [2.45, 2.75) is 11.1 Å². The Labute approximate surface area is 126 Å². The van der Waals surface area contributed by atoms with Gasteiger partial charge in [0.05, 0.1) is 18.1 Å². The van der Waals surface area contributed by atoms with E-state index in [0.717, 1.165) is 21.7 Å². The number of hydrogen-bond donors (Lipinski definition) is 3. The molecular formula is C10H17N3O6S2. The molecule has 1 aromatic rings. The average Bonchev–Trinajstić information content (AvgIpc) is 2.84. The molecular weight excluding hydrogens is 322 g/mol. The van der Waals surface area contributed by atoms with E-state index in [1.165, 1.54) is 0 Å². The normalized spacial score (nSPS) is 11.8. The summed E-state index contributed by atoms with van der Waals surface area (Å²) >= 11 is 0.754. The molecule has 9 nitrogen and oxygen atoms in total. The van der Waals surface area contributed by atoms with Gasteiger partial charge in [-0.05, 0) is 6.92 Å². The van der Waals surface area contributed by atoms with Gasteiger partial charge in [-0.1, -0.05) is 11.3 Å². The van der Waals surface area contributed by atoms with Crippen molar-refractivity contribution in [2.24, 2.45) is 0 Å². The predicted molar refractivity (Wildman–Crippen MR) is 78.1 cm³/mol. The number of aliphatic hydroxyl groups excluding tert-OH is 2. The predicted octanol–water partition coefficient (Wildman–Crippen LogP) is 0.0634. The summed E-state index contributed by atoms with van der Waals surface area (Å²) in [6.07, 6.45) is 0. The summed E-state index contributed by atoms with van der Waals surface area (Å²) < 4.78 is 25.4. The highest BCUT2D eigenvalue weighted by molar-refractivity contribution is 7.91. The molecule has 21 heavy (non-hydrogen) atoms. The average molecular weight is 339 g/mol. The summed E-state index contributed by atoms with van der Waals surface area (Å²) in [5.74, 6) is 0. The molecule has 1 heterocycles. The van der Waals surface area contributed by atoms with Gasteiger partial charge < -0.3 is 15.5 Å². The van der Waals surface area contributed by atoms with Crippen LogP contribution in [0.2, 0.25) is 0 Å². The SMILES string of the molecule is CCNc1sc(S(=O)(=O)N(CCO)CCO)cc1[N+](=O)[O-]. The Hall–Kier alpha value is -1.27. The molecule has 120 valence electrons. The first-order valence-electron chi connectivity index (χ1n) is 6.12. The molecule has 0 aromatic carbocycles. The molecule has 11 heteroatoms. The second kappa shape index (κ2) is 7.66. The number of nitrogens with one attached hydrogen (secondary N) is 1. The van der Waals surface area contributed by atoms with Crippen LogP contribution in [0.15, 0.2) is 10.3 Å². The lowest BCUT2D eigenvalue weighted by Gasteiger charge is -2.18. The van der Waals surface area contributed by atoms with Gasteiger partial charge in [0.1, 0.15) is 4.21 Å². The lowest BCUT2D eigenvalue weighted by Crippen LogP contribution is -2.35. The Kier molecular flexibility index (Phi) is 6.48. The van der Waals surface area contributed by atoms with Crippen molar-refractivity contribution in [3.63, 3.8) is 0 Å². The summed E-state index contributed by atoms with van der Waals surface area (Å²) in [7, 11) is -3.99. The number of thiophene rings is 1. The van der Waals surface area contributed by atoms with Crippen LogP contribution in [0.4, 0.5) is 10.7 Å². The molecule has 0 amide bonds. The van der Waals surface area contributed by atoms with Crippen LogP contribution >= 0.6 is 11.3 Å². The first-order valence-corrected chi connectivity index (χ1v) is 8.38. The van der Waals surface area contributed by atoms with Crippen LogP contribution in [0, 0.1) is 10.1 Å². The van der Waals surface area contributed by atoms with E-state index in [1.54, 1.807) is 6.92 Å². The van der Waals surface area contributed by atoms with Crippen molar-refractivity contribution in [2.75, 3.05) is 38.2 Å². The van der Waals surface area contributed by atoms with Gasteiger partial charge in [-0.2, -0.15) is 4.31 Å². The zero-order chi connectivity index (χ0) is 16.0. The molecule has 0 aliphatic rings. The number of hydrogen-bond acceptors (Lipinski definition) is 8. The van der Waals surface area contributed by atoms with Gasteiger partial charge in [0.2, 0.25) is 0 Å². The van der Waals surface area contributed by atoms with Gasteiger partial charge in [0.15, 0.2) is 5.00 Å². The third kappa shape index (κ3) is 4.11. The Balaban J connectivity index is 3.23. The van der Waals surface area contributed by atoms with Crippen LogP contribution in [0.25, 0.3) is 0 Å². The lowest BCUT2D eigenvalue weighted by molar-refractivity contribution is -0.383. The fourth-order valence-electron chi connectivity index (χ4n) is 1.61. The summed E-state index contributed by atoms with van der Waals surface area (Å²) in [5, 5.41) is 31.7. The van der Waals surface area contributed by atoms with Crippen molar-refractivity contribution in [3.05, 3.63) is 16.2 Å². The van der Waals surface area contributed by atoms with E-state index < -0.39 is 28.2 Å². The molecule has 0 radical (unpaired) electrons. The zero-order valence-electron chi connectivity index (χ0n) is 11.4. The largest absolute Gasteiger partial charge is 0.395 e. The Bertz CT molecular complexity index is 580. The Morgan fingerprint density at radius 2 is 1.95 bits per heavy atom. The number of anilines is 1. The summed E-state index contributed by atoms with van der Waals surface area (Å²) in [6, 6.07) is 0.986. The third-order valence-corrected chi connectivity index (χ3v) is 5.95. The van der Waals surface area contributed by atoms with E-state index in [1.807, 2.05) is 0 Å². The van der Waals surface area contributed by atoms with Crippen LogP contribution in [0.5, 0.6) is 0 Å². The Morgan fingerprint density at radius 3 is 2.38 bits per heavy atom. The lowest BCUT2D eigenvalue weighted by atomic mass is 10.5. The topological polar surface area (TPSA) is 133 Å². The van der Waals surface area contributed by atoms with Crippen LogP contribution in [0.1, 0.15) is 6.92 Å². The van der Waals surface area contributed by atoms with Gasteiger partial charge in [0.25, 0.3) is 10.0 Å². The van der Waals surface area contributed by atoms with E-state index >= 15 is 0 Å². The number of nitrogens with zero attached hydrogens (tertiary/aromatic N) is 2. The van der Waals surface area contributed by atoms with Crippen molar-refractivity contribution >= 4 is 32.0 Å². The molecule has 0 aliphatic heterocycles. The molecule has 0 atom stereocenters. The van der Waals surface area contributed by atoms with Crippen molar-refractivity contribution in [3.8, 4) is 0 Å². The highest BCUT2D eigenvalue weighted by Gasteiger charge is 2.30. The number of aliphatic hydroxyl groups is 2. The van der Waals surface area contributed by atoms with Gasteiger partial charge in [0, 0.05) is 25.7 Å². The van der Waals surface area contributed by atoms with Crippen molar-refractivity contribution in [1.29, 1.82) is 0 Å². The minimum atomic E-state index is -3.99. The maximum Gasteiger partial charge on any atom is 0.304 e. The fourth-order valence-corrected chi connectivity index (χ4v) is 4.58. The molecule has 3 N–H and O–H groups in total. The van der Waals surface area contributed by atoms with Crippen LogP contribution in [-0.4, -0.2) is 60.7 Å². The second-order valence-corrected chi connectivity index (χ2v) is 7.14. The molecule has 0 fully saturated rings. The number of sulfonamides is 1. The standard InChI is InChI=1S/C10H17N3O6S2/c1-2-11-10-8(13(16)17)7-9(20-10)21(18,19)12(3-5-14)4-6-15/h7,11,14-15H,2-6H2,1H3. The minimum absolute atomic E-state index is 0.161. The van der Waals surface area contributed by atoms with Crippen molar-refractivity contribution < 1.29 is 23.6 Å². The molecule has 0 aliphatic carbocycles. The van der Waals surface area contributed by atoms with E-state index in [0.29, 0.717) is 6.54 Å². The first kappa shape index (κ1) is 17.8. The Morgan fingerprint density at radius 1 is 1.38 bits per heavy atom. The highest BCUT2D eigenvalue weighted by atomic mass is 32.2. The van der Waals surface area contributed by atoms with Crippen LogP contribution in [0.3, 0.4) is 0 Å². The van der Waals surface area contributed by atoms with Crippen molar-refractivity contribution in [1.82, 2.24) is 4.31 Å². The third-order valence-electron chi connectivity index (χ3n) is 2.52. The molecule has 0 saturated carbocycles. The fraction of sp³-hybridized carbons (Fsp3) is 0.600. The van der Waals surface area contributed by atoms with E-state index in [9.17, 15) is 18.5 Å². The maximum absolute atomic E-state index is 12.4. The smallest absolute Gasteiger partial charge is 0.304 e. The quantitative estimate of drug-likeness (QED) is 0.428. The minimum Gasteiger partial charge on any atom is -0.395 e. The second-order valence-electron chi connectivity index (χ2n) is 3.92.